The summed E-state index contributed by atoms with van der Waals surface area (Å²) in [6.45, 7) is 11.6. The van der Waals surface area contributed by atoms with Crippen LogP contribution in [0.2, 0.25) is 0 Å². The van der Waals surface area contributed by atoms with E-state index in [4.69, 9.17) is 10.5 Å². The smallest absolute Gasteiger partial charge is 0.0757 e. The fraction of sp³-hybridized carbons (Fsp3) is 1.00. The molecule has 3 nitrogen and oxygen atoms in total. The maximum atomic E-state index is 6.07. The highest BCUT2D eigenvalue weighted by atomic mass is 16.5. The maximum absolute atomic E-state index is 6.07. The predicted octanol–water partition coefficient (Wildman–Crippen LogP) is 2.00. The molecular formula is C14H28N2O. The van der Waals surface area contributed by atoms with Crippen molar-refractivity contribution in [3.05, 3.63) is 0 Å². The first-order valence-electron chi connectivity index (χ1n) is 6.98. The highest BCUT2D eigenvalue weighted by Gasteiger charge is 2.42. The van der Waals surface area contributed by atoms with E-state index in [1.165, 1.54) is 19.3 Å². The Balaban J connectivity index is 2.06. The maximum Gasteiger partial charge on any atom is 0.0757 e. The molecule has 0 aromatic heterocycles. The van der Waals surface area contributed by atoms with Crippen molar-refractivity contribution < 1.29 is 4.74 Å². The van der Waals surface area contributed by atoms with Gasteiger partial charge in [0, 0.05) is 25.2 Å². The zero-order valence-electron chi connectivity index (χ0n) is 11.8. The van der Waals surface area contributed by atoms with Gasteiger partial charge in [0.15, 0.2) is 0 Å². The normalized spacial score (nSPS) is 33.4. The molecule has 1 saturated carbocycles. The molecule has 2 N–H and O–H groups in total. The van der Waals surface area contributed by atoms with Gasteiger partial charge in [0.25, 0.3) is 0 Å². The van der Waals surface area contributed by atoms with Gasteiger partial charge in [-0.2, -0.15) is 0 Å². The number of nitrogens with two attached hydrogens (primary N) is 1. The minimum atomic E-state index is -0.0440. The molecule has 1 saturated heterocycles. The van der Waals surface area contributed by atoms with Crippen molar-refractivity contribution in [1.82, 2.24) is 4.90 Å². The van der Waals surface area contributed by atoms with Gasteiger partial charge in [-0.05, 0) is 40.0 Å². The number of nitrogens with zero attached hydrogens (tertiary/aromatic N) is 1. The standard InChI is InChI=1S/C14H28N2O/c1-11-8-16(10-13(2,3)17-11)14(4,9-15)7-12-5-6-12/h11-12H,5-10,15H2,1-4H3. The Kier molecular flexibility index (Phi) is 3.54. The highest BCUT2D eigenvalue weighted by molar-refractivity contribution is 4.97. The van der Waals surface area contributed by atoms with Crippen molar-refractivity contribution >= 4 is 0 Å². The third kappa shape index (κ3) is 3.21. The molecule has 3 heteroatoms. The minimum absolute atomic E-state index is 0.0440. The van der Waals surface area contributed by atoms with Gasteiger partial charge in [0.1, 0.15) is 0 Å². The second-order valence-electron chi connectivity index (χ2n) is 6.92. The number of hydrogen-bond acceptors (Lipinski definition) is 3. The number of rotatable bonds is 4. The monoisotopic (exact) mass is 240 g/mol. The molecule has 2 rings (SSSR count). The zero-order valence-corrected chi connectivity index (χ0v) is 11.8. The van der Waals surface area contributed by atoms with E-state index < -0.39 is 0 Å². The van der Waals surface area contributed by atoms with Crippen LogP contribution >= 0.6 is 0 Å². The Hall–Kier alpha value is -0.120. The molecule has 17 heavy (non-hydrogen) atoms. The second kappa shape index (κ2) is 4.52. The minimum Gasteiger partial charge on any atom is -0.370 e. The van der Waals surface area contributed by atoms with Crippen LogP contribution in [0, 0.1) is 5.92 Å². The van der Waals surface area contributed by atoms with Crippen LogP contribution in [-0.4, -0.2) is 41.8 Å². The lowest BCUT2D eigenvalue weighted by Crippen LogP contribution is -2.62. The van der Waals surface area contributed by atoms with E-state index in [-0.39, 0.29) is 11.1 Å². The topological polar surface area (TPSA) is 38.5 Å². The Labute approximate surface area is 106 Å². The van der Waals surface area contributed by atoms with Crippen LogP contribution in [0.25, 0.3) is 0 Å². The lowest BCUT2D eigenvalue weighted by Gasteiger charge is -2.50. The molecule has 2 atom stereocenters. The second-order valence-corrected chi connectivity index (χ2v) is 6.92. The van der Waals surface area contributed by atoms with E-state index in [9.17, 15) is 0 Å². The molecule has 2 aliphatic rings. The van der Waals surface area contributed by atoms with Crippen LogP contribution in [0.4, 0.5) is 0 Å². The Bertz CT molecular complexity index is 275. The molecule has 100 valence electrons. The average molecular weight is 240 g/mol. The first kappa shape index (κ1) is 13.3. The summed E-state index contributed by atoms with van der Waals surface area (Å²) >= 11 is 0. The molecule has 1 aliphatic heterocycles. The van der Waals surface area contributed by atoms with Crippen LogP contribution in [-0.2, 0) is 4.74 Å². The molecule has 0 bridgehead atoms. The molecule has 0 spiro atoms. The van der Waals surface area contributed by atoms with Gasteiger partial charge in [-0.15, -0.1) is 0 Å². The molecule has 0 aromatic carbocycles. The summed E-state index contributed by atoms with van der Waals surface area (Å²) in [7, 11) is 0. The van der Waals surface area contributed by atoms with Gasteiger partial charge in [-0.3, -0.25) is 4.90 Å². The summed E-state index contributed by atoms with van der Waals surface area (Å²) in [6.07, 6.45) is 4.37. The molecule has 0 aromatic rings. The molecular weight excluding hydrogens is 212 g/mol. The van der Waals surface area contributed by atoms with Crippen LogP contribution in [0.1, 0.15) is 47.0 Å². The van der Waals surface area contributed by atoms with Gasteiger partial charge >= 0.3 is 0 Å². The highest BCUT2D eigenvalue weighted by Crippen LogP contribution is 2.40. The van der Waals surface area contributed by atoms with Gasteiger partial charge in [-0.1, -0.05) is 12.8 Å². The average Bonchev–Trinajstić information content (AvgIpc) is 2.98. The van der Waals surface area contributed by atoms with Gasteiger partial charge in [-0.25, -0.2) is 0 Å². The summed E-state index contributed by atoms with van der Waals surface area (Å²) in [5, 5.41) is 0. The van der Waals surface area contributed by atoms with Crippen molar-refractivity contribution in [2.45, 2.75) is 64.2 Å². The van der Waals surface area contributed by atoms with Crippen molar-refractivity contribution in [2.24, 2.45) is 11.7 Å². The third-order valence-corrected chi connectivity index (χ3v) is 4.20. The van der Waals surface area contributed by atoms with Crippen LogP contribution in [0.5, 0.6) is 0 Å². The molecule has 1 heterocycles. The van der Waals surface area contributed by atoms with Gasteiger partial charge in [0.2, 0.25) is 0 Å². The summed E-state index contributed by atoms with van der Waals surface area (Å²) in [6, 6.07) is 0. The first-order valence-corrected chi connectivity index (χ1v) is 6.98. The SMILES string of the molecule is CC1CN(C(C)(CN)CC2CC2)CC(C)(C)O1. The van der Waals surface area contributed by atoms with Gasteiger partial charge in [0.05, 0.1) is 11.7 Å². The lowest BCUT2D eigenvalue weighted by molar-refractivity contribution is -0.151. The summed E-state index contributed by atoms with van der Waals surface area (Å²) < 4.78 is 5.98. The van der Waals surface area contributed by atoms with E-state index in [2.05, 4.69) is 32.6 Å². The van der Waals surface area contributed by atoms with Crippen molar-refractivity contribution in [2.75, 3.05) is 19.6 Å². The van der Waals surface area contributed by atoms with Gasteiger partial charge < -0.3 is 10.5 Å². The summed E-state index contributed by atoms with van der Waals surface area (Å²) in [5.74, 6) is 0.921. The molecule has 0 amide bonds. The van der Waals surface area contributed by atoms with Crippen molar-refractivity contribution in [3.63, 3.8) is 0 Å². The third-order valence-electron chi connectivity index (χ3n) is 4.20. The zero-order chi connectivity index (χ0) is 12.7. The fourth-order valence-electron chi connectivity index (χ4n) is 3.15. The van der Waals surface area contributed by atoms with Crippen molar-refractivity contribution in [1.29, 1.82) is 0 Å². The van der Waals surface area contributed by atoms with E-state index in [0.717, 1.165) is 25.6 Å². The largest absolute Gasteiger partial charge is 0.370 e. The fourth-order valence-corrected chi connectivity index (χ4v) is 3.15. The van der Waals surface area contributed by atoms with Crippen molar-refractivity contribution in [3.8, 4) is 0 Å². The quantitative estimate of drug-likeness (QED) is 0.817. The molecule has 1 aliphatic carbocycles. The molecule has 2 unspecified atom stereocenters. The van der Waals surface area contributed by atoms with Crippen LogP contribution in [0.3, 0.4) is 0 Å². The Morgan fingerprint density at radius 2 is 2.06 bits per heavy atom. The van der Waals surface area contributed by atoms with Crippen LogP contribution < -0.4 is 5.73 Å². The Morgan fingerprint density at radius 1 is 1.41 bits per heavy atom. The lowest BCUT2D eigenvalue weighted by atomic mass is 9.89. The summed E-state index contributed by atoms with van der Waals surface area (Å²) in [5.41, 5.74) is 6.18. The first-order chi connectivity index (χ1) is 7.85. The summed E-state index contributed by atoms with van der Waals surface area (Å²) in [4.78, 5) is 2.57. The molecule has 2 fully saturated rings. The number of hydrogen-bond donors (Lipinski definition) is 1. The number of morpholine rings is 1. The molecule has 0 radical (unpaired) electrons. The van der Waals surface area contributed by atoms with E-state index in [0.29, 0.717) is 6.10 Å². The van der Waals surface area contributed by atoms with E-state index in [1.807, 2.05) is 0 Å². The predicted molar refractivity (Wildman–Crippen MR) is 71.0 cm³/mol. The number of ether oxygens (including phenoxy) is 1. The van der Waals surface area contributed by atoms with E-state index in [1.54, 1.807) is 0 Å². The Morgan fingerprint density at radius 3 is 2.53 bits per heavy atom. The van der Waals surface area contributed by atoms with Crippen LogP contribution in [0.15, 0.2) is 0 Å². The van der Waals surface area contributed by atoms with E-state index >= 15 is 0 Å².